The first kappa shape index (κ1) is 20.0. The number of aromatic amines is 1. The van der Waals surface area contributed by atoms with E-state index in [4.69, 9.17) is 23.8 Å². The number of piperazine rings is 1. The Hall–Kier alpha value is -2.25. The van der Waals surface area contributed by atoms with E-state index in [2.05, 4.69) is 56.3 Å². The van der Waals surface area contributed by atoms with E-state index in [1.165, 1.54) is 5.56 Å². The summed E-state index contributed by atoms with van der Waals surface area (Å²) in [6.45, 7) is 5.82. The lowest BCUT2D eigenvalue weighted by molar-refractivity contribution is 0.110. The van der Waals surface area contributed by atoms with Gasteiger partial charge in [0.05, 0.1) is 6.67 Å². The molecular formula is C22H24ClN5S. The molecule has 3 aromatic rings. The van der Waals surface area contributed by atoms with Crippen LogP contribution in [0.2, 0.25) is 5.02 Å². The van der Waals surface area contributed by atoms with E-state index in [1.807, 2.05) is 35.0 Å². The Morgan fingerprint density at radius 1 is 0.966 bits per heavy atom. The molecule has 29 heavy (non-hydrogen) atoms. The second kappa shape index (κ2) is 9.50. The summed E-state index contributed by atoms with van der Waals surface area (Å²) in [5.74, 6) is 0.774. The van der Waals surface area contributed by atoms with Gasteiger partial charge in [0.25, 0.3) is 0 Å². The van der Waals surface area contributed by atoms with Crippen LogP contribution in [0, 0.1) is 4.77 Å². The lowest BCUT2D eigenvalue weighted by Crippen LogP contribution is -2.46. The molecule has 7 heteroatoms. The first-order chi connectivity index (χ1) is 14.2. The molecule has 0 amide bonds. The van der Waals surface area contributed by atoms with Crippen molar-refractivity contribution in [2.45, 2.75) is 6.67 Å². The molecular weight excluding hydrogens is 402 g/mol. The van der Waals surface area contributed by atoms with Crippen molar-refractivity contribution < 1.29 is 0 Å². The van der Waals surface area contributed by atoms with Gasteiger partial charge in [-0.1, -0.05) is 54.1 Å². The molecule has 4 rings (SSSR count). The second-order valence-corrected chi connectivity index (χ2v) is 7.96. The van der Waals surface area contributed by atoms with E-state index in [9.17, 15) is 0 Å². The minimum Gasteiger partial charge on any atom is -0.297 e. The van der Waals surface area contributed by atoms with Crippen LogP contribution in [-0.2, 0) is 6.67 Å². The maximum absolute atomic E-state index is 5.97. The summed E-state index contributed by atoms with van der Waals surface area (Å²) < 4.78 is 2.51. The fraction of sp³-hybridized carbons (Fsp3) is 0.273. The topological polar surface area (TPSA) is 40.1 Å². The van der Waals surface area contributed by atoms with Gasteiger partial charge in [-0.2, -0.15) is 4.98 Å². The Morgan fingerprint density at radius 2 is 1.66 bits per heavy atom. The quantitative estimate of drug-likeness (QED) is 0.588. The number of aromatic nitrogens is 3. The average molecular weight is 426 g/mol. The molecule has 1 aromatic heterocycles. The summed E-state index contributed by atoms with van der Waals surface area (Å²) in [7, 11) is 0. The van der Waals surface area contributed by atoms with Crippen LogP contribution < -0.4 is 0 Å². The van der Waals surface area contributed by atoms with Crippen LogP contribution >= 0.6 is 23.8 Å². The van der Waals surface area contributed by atoms with Crippen LogP contribution in [0.5, 0.6) is 0 Å². The maximum Gasteiger partial charge on any atom is 0.217 e. The van der Waals surface area contributed by atoms with Crippen LogP contribution in [0.15, 0.2) is 60.7 Å². The largest absolute Gasteiger partial charge is 0.297 e. The number of rotatable bonds is 6. The van der Waals surface area contributed by atoms with Gasteiger partial charge in [-0.3, -0.25) is 14.9 Å². The SMILES string of the molecule is S=c1nc(-c2ccc(Cl)cc2)[nH]n1CN1CCN(C/C=C/c2ccccc2)CC1. The molecule has 0 unspecified atom stereocenters. The number of benzene rings is 2. The minimum absolute atomic E-state index is 0.572. The van der Waals surface area contributed by atoms with Crippen molar-refractivity contribution in [1.82, 2.24) is 24.6 Å². The molecule has 0 aliphatic carbocycles. The molecule has 0 spiro atoms. The lowest BCUT2D eigenvalue weighted by atomic mass is 10.2. The van der Waals surface area contributed by atoms with Gasteiger partial charge in [-0.05, 0) is 42.0 Å². The first-order valence-electron chi connectivity index (χ1n) is 9.76. The third-order valence-corrected chi connectivity index (χ3v) is 5.64. The van der Waals surface area contributed by atoms with Crippen molar-refractivity contribution in [3.05, 3.63) is 76.0 Å². The third-order valence-electron chi connectivity index (χ3n) is 5.08. The zero-order valence-corrected chi connectivity index (χ0v) is 17.7. The van der Waals surface area contributed by atoms with Crippen molar-refractivity contribution in [3.63, 3.8) is 0 Å². The molecule has 5 nitrogen and oxygen atoms in total. The molecule has 0 atom stereocenters. The molecule has 0 radical (unpaired) electrons. The molecule has 1 N–H and O–H groups in total. The summed E-state index contributed by atoms with van der Waals surface area (Å²) >= 11 is 11.4. The Labute approximate surface area is 181 Å². The Kier molecular flexibility index (Phi) is 6.56. The highest BCUT2D eigenvalue weighted by molar-refractivity contribution is 7.71. The van der Waals surface area contributed by atoms with Crippen LogP contribution in [0.25, 0.3) is 17.5 Å². The molecule has 1 aliphatic rings. The predicted molar refractivity (Wildman–Crippen MR) is 121 cm³/mol. The van der Waals surface area contributed by atoms with Gasteiger partial charge >= 0.3 is 0 Å². The van der Waals surface area contributed by atoms with E-state index in [1.54, 1.807) is 0 Å². The number of nitrogens with zero attached hydrogens (tertiary/aromatic N) is 4. The third kappa shape index (κ3) is 5.42. The number of hydrogen-bond acceptors (Lipinski definition) is 4. The molecule has 150 valence electrons. The van der Waals surface area contributed by atoms with Crippen molar-refractivity contribution in [2.75, 3.05) is 32.7 Å². The summed E-state index contributed by atoms with van der Waals surface area (Å²) in [5, 5.41) is 4.03. The van der Waals surface area contributed by atoms with Crippen molar-refractivity contribution in [1.29, 1.82) is 0 Å². The van der Waals surface area contributed by atoms with Crippen LogP contribution in [0.3, 0.4) is 0 Å². The zero-order chi connectivity index (χ0) is 20.1. The van der Waals surface area contributed by atoms with E-state index in [0.29, 0.717) is 9.79 Å². The maximum atomic E-state index is 5.97. The number of halogens is 1. The first-order valence-corrected chi connectivity index (χ1v) is 10.5. The lowest BCUT2D eigenvalue weighted by Gasteiger charge is -2.33. The molecule has 1 fully saturated rings. The number of hydrogen-bond donors (Lipinski definition) is 1. The van der Waals surface area contributed by atoms with Gasteiger partial charge in [0, 0.05) is 43.3 Å². The molecule has 0 bridgehead atoms. The fourth-order valence-corrected chi connectivity index (χ4v) is 3.73. The van der Waals surface area contributed by atoms with Gasteiger partial charge in [0.1, 0.15) is 0 Å². The fourth-order valence-electron chi connectivity index (χ4n) is 3.40. The molecule has 0 saturated carbocycles. The Balaban J connectivity index is 1.29. The predicted octanol–water partition coefficient (Wildman–Crippen LogP) is 4.55. The zero-order valence-electron chi connectivity index (χ0n) is 16.2. The normalized spacial score (nSPS) is 15.9. The van der Waals surface area contributed by atoms with Crippen molar-refractivity contribution >= 4 is 29.9 Å². The summed E-state index contributed by atoms with van der Waals surface area (Å²) in [6.07, 6.45) is 4.43. The van der Waals surface area contributed by atoms with Gasteiger partial charge in [-0.25, -0.2) is 4.68 Å². The molecule has 2 heterocycles. The standard InChI is InChI=1S/C22H24ClN5S/c23-20-10-8-19(9-11-20)21-24-22(29)28(25-21)17-27-15-13-26(14-16-27)12-4-7-18-5-2-1-3-6-18/h1-11H,12-17H2,(H,24,25,29)/b7-4+. The van der Waals surface area contributed by atoms with Crippen LogP contribution in [0.1, 0.15) is 5.56 Å². The molecule has 2 aromatic carbocycles. The summed E-state index contributed by atoms with van der Waals surface area (Å²) in [6, 6.07) is 18.0. The molecule has 1 aliphatic heterocycles. The Bertz CT molecular complexity index is 1000. The Morgan fingerprint density at radius 3 is 2.38 bits per heavy atom. The van der Waals surface area contributed by atoms with E-state index >= 15 is 0 Å². The van der Waals surface area contributed by atoms with Crippen LogP contribution in [0.4, 0.5) is 0 Å². The van der Waals surface area contributed by atoms with Gasteiger partial charge in [-0.15, -0.1) is 0 Å². The highest BCUT2D eigenvalue weighted by Gasteiger charge is 2.17. The highest BCUT2D eigenvalue weighted by atomic mass is 35.5. The van der Waals surface area contributed by atoms with Crippen molar-refractivity contribution in [2.24, 2.45) is 0 Å². The highest BCUT2D eigenvalue weighted by Crippen LogP contribution is 2.18. The monoisotopic (exact) mass is 425 g/mol. The second-order valence-electron chi connectivity index (χ2n) is 7.16. The van der Waals surface area contributed by atoms with E-state index in [0.717, 1.165) is 50.8 Å². The summed E-state index contributed by atoms with van der Waals surface area (Å²) in [5.41, 5.74) is 2.23. The summed E-state index contributed by atoms with van der Waals surface area (Å²) in [4.78, 5) is 9.37. The number of H-pyrrole nitrogens is 1. The average Bonchev–Trinajstić information content (AvgIpc) is 3.11. The van der Waals surface area contributed by atoms with Gasteiger partial charge < -0.3 is 0 Å². The van der Waals surface area contributed by atoms with Crippen LogP contribution in [-0.4, -0.2) is 57.3 Å². The minimum atomic E-state index is 0.572. The van der Waals surface area contributed by atoms with Gasteiger partial charge in [0.2, 0.25) is 4.77 Å². The van der Waals surface area contributed by atoms with Crippen molar-refractivity contribution in [3.8, 4) is 11.4 Å². The smallest absolute Gasteiger partial charge is 0.217 e. The van der Waals surface area contributed by atoms with Gasteiger partial charge in [0.15, 0.2) is 5.82 Å². The molecule has 1 saturated heterocycles. The van der Waals surface area contributed by atoms with E-state index < -0.39 is 0 Å². The number of nitrogens with one attached hydrogen (secondary N) is 1. The van der Waals surface area contributed by atoms with E-state index in [-0.39, 0.29) is 0 Å².